The summed E-state index contributed by atoms with van der Waals surface area (Å²) in [5.41, 5.74) is 0. The maximum absolute atomic E-state index is 12.2. The summed E-state index contributed by atoms with van der Waals surface area (Å²) in [7, 11) is -3.28. The molecule has 0 bridgehead atoms. The van der Waals surface area contributed by atoms with Crippen molar-refractivity contribution >= 4 is 21.4 Å². The van der Waals surface area contributed by atoms with Gasteiger partial charge in [0.05, 0.1) is 11.3 Å². The van der Waals surface area contributed by atoms with Gasteiger partial charge < -0.3 is 5.32 Å². The van der Waals surface area contributed by atoms with E-state index in [0.717, 1.165) is 17.8 Å². The van der Waals surface area contributed by atoms with Crippen LogP contribution in [0.5, 0.6) is 0 Å². The zero-order valence-corrected chi connectivity index (χ0v) is 13.7. The van der Waals surface area contributed by atoms with Gasteiger partial charge in [0.1, 0.15) is 0 Å². The molecular weight excluding hydrogens is 280 g/mol. The molecule has 0 amide bonds. The Labute approximate surface area is 120 Å². The van der Waals surface area contributed by atoms with Gasteiger partial charge in [-0.1, -0.05) is 6.92 Å². The molecule has 0 aliphatic rings. The quantitative estimate of drug-likeness (QED) is 0.725. The monoisotopic (exact) mass is 304 g/mol. The predicted molar refractivity (Wildman–Crippen MR) is 82.1 cm³/mol. The fourth-order valence-electron chi connectivity index (χ4n) is 1.70. The molecule has 0 saturated heterocycles. The highest BCUT2D eigenvalue weighted by atomic mass is 32.2. The molecule has 0 fully saturated rings. The molecule has 0 saturated carbocycles. The summed E-state index contributed by atoms with van der Waals surface area (Å²) in [5.74, 6) is 0. The Kier molecular flexibility index (Phi) is 6.46. The second-order valence-corrected chi connectivity index (χ2v) is 8.30. The van der Waals surface area contributed by atoms with E-state index in [1.54, 1.807) is 18.3 Å². The van der Waals surface area contributed by atoms with Gasteiger partial charge in [0.2, 0.25) is 10.0 Å². The van der Waals surface area contributed by atoms with Gasteiger partial charge in [-0.25, -0.2) is 13.1 Å². The van der Waals surface area contributed by atoms with E-state index in [0.29, 0.717) is 6.54 Å². The maximum atomic E-state index is 12.2. The largest absolute Gasteiger partial charge is 0.315 e. The average Bonchev–Trinajstić information content (AvgIpc) is 2.75. The molecule has 19 heavy (non-hydrogen) atoms. The number of thiophene rings is 1. The van der Waals surface area contributed by atoms with Gasteiger partial charge in [0.15, 0.2) is 0 Å². The zero-order chi connectivity index (χ0) is 14.5. The molecule has 1 heterocycles. The number of nitrogens with one attached hydrogen (secondary N) is 2. The third-order valence-electron chi connectivity index (χ3n) is 2.92. The van der Waals surface area contributed by atoms with Crippen LogP contribution in [0.3, 0.4) is 0 Å². The van der Waals surface area contributed by atoms with Gasteiger partial charge >= 0.3 is 0 Å². The van der Waals surface area contributed by atoms with Crippen LogP contribution in [0.2, 0.25) is 0 Å². The minimum atomic E-state index is -3.28. The normalized spacial score (nSPS) is 15.4. The topological polar surface area (TPSA) is 58.2 Å². The molecule has 1 rings (SSSR count). The van der Waals surface area contributed by atoms with Crippen LogP contribution in [-0.4, -0.2) is 26.8 Å². The highest BCUT2D eigenvalue weighted by molar-refractivity contribution is 7.90. The van der Waals surface area contributed by atoms with Gasteiger partial charge in [-0.2, -0.15) is 0 Å². The molecule has 2 N–H and O–H groups in total. The Morgan fingerprint density at radius 2 is 2.00 bits per heavy atom. The van der Waals surface area contributed by atoms with Crippen LogP contribution in [-0.2, 0) is 10.0 Å². The summed E-state index contributed by atoms with van der Waals surface area (Å²) in [4.78, 5) is 2.24. The van der Waals surface area contributed by atoms with E-state index in [2.05, 4.69) is 17.0 Å². The number of aryl methyl sites for hydroxylation is 1. The van der Waals surface area contributed by atoms with Crippen LogP contribution in [0, 0.1) is 6.92 Å². The molecule has 110 valence electrons. The van der Waals surface area contributed by atoms with Crippen molar-refractivity contribution < 1.29 is 8.42 Å². The van der Waals surface area contributed by atoms with Gasteiger partial charge in [0, 0.05) is 16.3 Å². The Bertz CT molecular complexity index is 483. The van der Waals surface area contributed by atoms with Gasteiger partial charge in [-0.05, 0) is 45.9 Å². The molecule has 2 unspecified atom stereocenters. The molecule has 0 aliphatic carbocycles. The smallest absolute Gasteiger partial charge is 0.216 e. The van der Waals surface area contributed by atoms with Crippen LogP contribution in [0.25, 0.3) is 0 Å². The molecule has 6 heteroatoms. The zero-order valence-electron chi connectivity index (χ0n) is 12.1. The first kappa shape index (κ1) is 16.6. The molecule has 1 aromatic heterocycles. The van der Waals surface area contributed by atoms with E-state index in [1.165, 1.54) is 4.88 Å². The Morgan fingerprint density at radius 1 is 1.32 bits per heavy atom. The van der Waals surface area contributed by atoms with Gasteiger partial charge in [-0.15, -0.1) is 11.3 Å². The van der Waals surface area contributed by atoms with Crippen molar-refractivity contribution in [1.29, 1.82) is 0 Å². The lowest BCUT2D eigenvalue weighted by molar-refractivity contribution is 0.546. The number of hydrogen-bond donors (Lipinski definition) is 2. The number of rotatable bonds is 8. The molecule has 0 aromatic carbocycles. The van der Waals surface area contributed by atoms with Gasteiger partial charge in [0.25, 0.3) is 0 Å². The first-order valence-corrected chi connectivity index (χ1v) is 9.01. The molecule has 2 atom stereocenters. The van der Waals surface area contributed by atoms with E-state index in [-0.39, 0.29) is 6.04 Å². The summed E-state index contributed by atoms with van der Waals surface area (Å²) in [5, 5.41) is 2.71. The molecule has 0 aliphatic heterocycles. The minimum Gasteiger partial charge on any atom is -0.315 e. The number of sulfonamides is 1. The Morgan fingerprint density at radius 3 is 2.53 bits per heavy atom. The second kappa shape index (κ2) is 7.38. The SMILES string of the molecule is CCCNCC(C)S(=O)(=O)NC(C)c1ccc(C)s1. The van der Waals surface area contributed by atoms with E-state index in [4.69, 9.17) is 0 Å². The Hall–Kier alpha value is -0.430. The standard InChI is InChI=1S/C13H24N2O2S2/c1-5-8-14-9-11(3)19(16,17)15-12(4)13-7-6-10(2)18-13/h6-7,11-12,14-15H,5,8-9H2,1-4H3. The summed E-state index contributed by atoms with van der Waals surface area (Å²) < 4.78 is 27.1. The summed E-state index contributed by atoms with van der Waals surface area (Å²) in [6, 6.07) is 3.82. The van der Waals surface area contributed by atoms with Gasteiger partial charge in [-0.3, -0.25) is 0 Å². The van der Waals surface area contributed by atoms with E-state index in [9.17, 15) is 8.42 Å². The van der Waals surface area contributed by atoms with E-state index < -0.39 is 15.3 Å². The van der Waals surface area contributed by atoms with E-state index >= 15 is 0 Å². The lowest BCUT2D eigenvalue weighted by Crippen LogP contribution is -2.40. The molecule has 0 radical (unpaired) electrons. The van der Waals surface area contributed by atoms with Crippen LogP contribution in [0.4, 0.5) is 0 Å². The van der Waals surface area contributed by atoms with Crippen LogP contribution in [0.1, 0.15) is 43.0 Å². The van der Waals surface area contributed by atoms with E-state index in [1.807, 2.05) is 26.0 Å². The lowest BCUT2D eigenvalue weighted by atomic mass is 10.3. The predicted octanol–water partition coefficient (Wildman–Crippen LogP) is 2.43. The van der Waals surface area contributed by atoms with Crippen molar-refractivity contribution in [3.63, 3.8) is 0 Å². The third-order valence-corrected chi connectivity index (χ3v) is 6.01. The van der Waals surface area contributed by atoms with Crippen molar-refractivity contribution in [2.24, 2.45) is 0 Å². The highest BCUT2D eigenvalue weighted by Gasteiger charge is 2.23. The lowest BCUT2D eigenvalue weighted by Gasteiger charge is -2.18. The average molecular weight is 304 g/mol. The van der Waals surface area contributed by atoms with Crippen molar-refractivity contribution in [2.45, 2.75) is 45.4 Å². The summed E-state index contributed by atoms with van der Waals surface area (Å²) >= 11 is 1.63. The van der Waals surface area contributed by atoms with Crippen LogP contribution < -0.4 is 10.0 Å². The fraction of sp³-hybridized carbons (Fsp3) is 0.692. The second-order valence-electron chi connectivity index (χ2n) is 4.85. The number of hydrogen-bond acceptors (Lipinski definition) is 4. The molecule has 4 nitrogen and oxygen atoms in total. The van der Waals surface area contributed by atoms with Crippen molar-refractivity contribution in [1.82, 2.24) is 10.0 Å². The van der Waals surface area contributed by atoms with Crippen LogP contribution in [0.15, 0.2) is 12.1 Å². The minimum absolute atomic E-state index is 0.169. The highest BCUT2D eigenvalue weighted by Crippen LogP contribution is 2.23. The molecule has 1 aromatic rings. The maximum Gasteiger partial charge on any atom is 0.216 e. The fourth-order valence-corrected chi connectivity index (χ4v) is 3.84. The summed E-state index contributed by atoms with van der Waals surface area (Å²) in [6.45, 7) is 9.03. The van der Waals surface area contributed by atoms with Crippen molar-refractivity contribution in [3.8, 4) is 0 Å². The third kappa shape index (κ3) is 5.22. The molecule has 0 spiro atoms. The Balaban J connectivity index is 2.58. The van der Waals surface area contributed by atoms with Crippen LogP contribution >= 0.6 is 11.3 Å². The summed E-state index contributed by atoms with van der Waals surface area (Å²) in [6.07, 6.45) is 1.01. The first-order chi connectivity index (χ1) is 8.86. The van der Waals surface area contributed by atoms with Crippen molar-refractivity contribution in [2.75, 3.05) is 13.1 Å². The van der Waals surface area contributed by atoms with Crippen molar-refractivity contribution in [3.05, 3.63) is 21.9 Å². The first-order valence-electron chi connectivity index (χ1n) is 6.65. The molecular formula is C13H24N2O2S2.